The van der Waals surface area contributed by atoms with Gasteiger partial charge in [0.05, 0.1) is 6.61 Å². The standard InChI is InChI=1S/C19H29NO3/c1-16-6-2-3-8-18(16)23-13-5-9-19(21)20-12-4-7-17-10-14-22-15-11-17/h2-3,6,8,17H,4-5,7,9-15H2,1H3,(H,20,21). The van der Waals surface area contributed by atoms with Crippen molar-refractivity contribution >= 4 is 5.91 Å². The maximum atomic E-state index is 11.8. The molecule has 0 aromatic heterocycles. The minimum absolute atomic E-state index is 0.130. The highest BCUT2D eigenvalue weighted by Crippen LogP contribution is 2.19. The molecule has 4 nitrogen and oxygen atoms in total. The molecule has 0 unspecified atom stereocenters. The molecule has 0 bridgehead atoms. The lowest BCUT2D eigenvalue weighted by Crippen LogP contribution is -2.25. The Morgan fingerprint density at radius 1 is 1.26 bits per heavy atom. The van der Waals surface area contributed by atoms with Crippen molar-refractivity contribution in [1.29, 1.82) is 0 Å². The first-order chi connectivity index (χ1) is 11.3. The van der Waals surface area contributed by atoms with Crippen molar-refractivity contribution in [2.45, 2.75) is 45.4 Å². The van der Waals surface area contributed by atoms with Gasteiger partial charge in [-0.3, -0.25) is 4.79 Å². The number of carbonyl (C=O) groups excluding carboxylic acids is 1. The fraction of sp³-hybridized carbons (Fsp3) is 0.632. The van der Waals surface area contributed by atoms with Gasteiger partial charge in [-0.05, 0) is 56.6 Å². The lowest BCUT2D eigenvalue weighted by atomic mass is 9.95. The van der Waals surface area contributed by atoms with Crippen LogP contribution in [0.15, 0.2) is 24.3 Å². The Kier molecular flexibility index (Phi) is 7.95. The van der Waals surface area contributed by atoms with Crippen LogP contribution >= 0.6 is 0 Å². The van der Waals surface area contributed by atoms with Crippen molar-refractivity contribution in [1.82, 2.24) is 5.32 Å². The van der Waals surface area contributed by atoms with Gasteiger partial charge in [-0.25, -0.2) is 0 Å². The van der Waals surface area contributed by atoms with Gasteiger partial charge in [0.15, 0.2) is 0 Å². The summed E-state index contributed by atoms with van der Waals surface area (Å²) in [6, 6.07) is 7.95. The van der Waals surface area contributed by atoms with Gasteiger partial charge in [0, 0.05) is 26.2 Å². The summed E-state index contributed by atoms with van der Waals surface area (Å²) in [6.45, 7) is 5.20. The molecular formula is C19H29NO3. The molecule has 1 saturated heterocycles. The molecule has 1 aliphatic heterocycles. The van der Waals surface area contributed by atoms with E-state index in [4.69, 9.17) is 9.47 Å². The Balaban J connectivity index is 1.47. The number of carbonyl (C=O) groups is 1. The van der Waals surface area contributed by atoms with Gasteiger partial charge in [-0.15, -0.1) is 0 Å². The normalized spacial score (nSPS) is 15.3. The molecule has 0 aliphatic carbocycles. The Morgan fingerprint density at radius 3 is 2.83 bits per heavy atom. The van der Waals surface area contributed by atoms with Gasteiger partial charge in [-0.1, -0.05) is 18.2 Å². The van der Waals surface area contributed by atoms with Crippen LogP contribution in [0.1, 0.15) is 44.1 Å². The third-order valence-corrected chi connectivity index (χ3v) is 4.35. The van der Waals surface area contributed by atoms with Crippen molar-refractivity contribution in [3.63, 3.8) is 0 Å². The number of hydrogen-bond acceptors (Lipinski definition) is 3. The third-order valence-electron chi connectivity index (χ3n) is 4.35. The number of aryl methyl sites for hydroxylation is 1. The molecule has 1 heterocycles. The van der Waals surface area contributed by atoms with Crippen LogP contribution in [0.3, 0.4) is 0 Å². The van der Waals surface area contributed by atoms with Gasteiger partial charge in [-0.2, -0.15) is 0 Å². The highest BCUT2D eigenvalue weighted by molar-refractivity contribution is 5.75. The van der Waals surface area contributed by atoms with Gasteiger partial charge in [0.25, 0.3) is 0 Å². The van der Waals surface area contributed by atoms with Crippen LogP contribution in [0.25, 0.3) is 0 Å². The van der Waals surface area contributed by atoms with Crippen LogP contribution in [0.5, 0.6) is 5.75 Å². The predicted octanol–water partition coefficient (Wildman–Crippen LogP) is 3.48. The van der Waals surface area contributed by atoms with Crippen molar-refractivity contribution < 1.29 is 14.3 Å². The number of benzene rings is 1. The summed E-state index contributed by atoms with van der Waals surface area (Å²) in [4.78, 5) is 11.8. The first-order valence-electron chi connectivity index (χ1n) is 8.78. The number of rotatable bonds is 9. The molecule has 0 spiro atoms. The van der Waals surface area contributed by atoms with Crippen molar-refractivity contribution in [3.8, 4) is 5.75 Å². The van der Waals surface area contributed by atoms with E-state index in [0.29, 0.717) is 13.0 Å². The van der Waals surface area contributed by atoms with Gasteiger partial charge >= 0.3 is 0 Å². The van der Waals surface area contributed by atoms with E-state index < -0.39 is 0 Å². The van der Waals surface area contributed by atoms with Crippen molar-refractivity contribution in [3.05, 3.63) is 29.8 Å². The summed E-state index contributed by atoms with van der Waals surface area (Å²) < 4.78 is 11.1. The first kappa shape index (κ1) is 17.8. The zero-order chi connectivity index (χ0) is 16.3. The van der Waals surface area contributed by atoms with Crippen LogP contribution in [0.2, 0.25) is 0 Å². The molecule has 1 aromatic carbocycles. The minimum Gasteiger partial charge on any atom is -0.493 e. The second-order valence-corrected chi connectivity index (χ2v) is 6.27. The summed E-state index contributed by atoms with van der Waals surface area (Å²) in [6.07, 6.45) is 5.88. The number of amides is 1. The Bertz CT molecular complexity index is 469. The van der Waals surface area contributed by atoms with Crippen LogP contribution < -0.4 is 10.1 Å². The van der Waals surface area contributed by atoms with E-state index in [1.54, 1.807) is 0 Å². The summed E-state index contributed by atoms with van der Waals surface area (Å²) in [7, 11) is 0. The number of hydrogen-bond donors (Lipinski definition) is 1. The predicted molar refractivity (Wildman–Crippen MR) is 91.7 cm³/mol. The lowest BCUT2D eigenvalue weighted by molar-refractivity contribution is -0.121. The molecule has 0 radical (unpaired) electrons. The second kappa shape index (κ2) is 10.3. The quantitative estimate of drug-likeness (QED) is 0.709. The molecule has 1 fully saturated rings. The van der Waals surface area contributed by atoms with E-state index in [-0.39, 0.29) is 5.91 Å². The SMILES string of the molecule is Cc1ccccc1OCCCC(=O)NCCCC1CCOCC1. The van der Waals surface area contributed by atoms with Gasteiger partial charge in [0.1, 0.15) is 5.75 Å². The molecular weight excluding hydrogens is 290 g/mol. The summed E-state index contributed by atoms with van der Waals surface area (Å²) in [5, 5.41) is 3.01. The largest absolute Gasteiger partial charge is 0.493 e. The van der Waals surface area contributed by atoms with E-state index in [9.17, 15) is 4.79 Å². The maximum Gasteiger partial charge on any atom is 0.220 e. The fourth-order valence-electron chi connectivity index (χ4n) is 2.88. The van der Waals surface area contributed by atoms with E-state index in [2.05, 4.69) is 5.32 Å². The molecule has 0 atom stereocenters. The lowest BCUT2D eigenvalue weighted by Gasteiger charge is -2.21. The zero-order valence-corrected chi connectivity index (χ0v) is 14.2. The van der Waals surface area contributed by atoms with E-state index >= 15 is 0 Å². The monoisotopic (exact) mass is 319 g/mol. The van der Waals surface area contributed by atoms with Crippen LogP contribution in [-0.2, 0) is 9.53 Å². The Morgan fingerprint density at radius 2 is 2.04 bits per heavy atom. The van der Waals surface area contributed by atoms with Crippen molar-refractivity contribution in [2.24, 2.45) is 5.92 Å². The van der Waals surface area contributed by atoms with Crippen LogP contribution in [-0.4, -0.2) is 32.3 Å². The second-order valence-electron chi connectivity index (χ2n) is 6.27. The molecule has 128 valence electrons. The average Bonchev–Trinajstić information content (AvgIpc) is 2.58. The van der Waals surface area contributed by atoms with E-state index in [1.807, 2.05) is 31.2 Å². The Hall–Kier alpha value is -1.55. The van der Waals surface area contributed by atoms with Gasteiger partial charge < -0.3 is 14.8 Å². The van der Waals surface area contributed by atoms with Crippen molar-refractivity contribution in [2.75, 3.05) is 26.4 Å². The molecule has 1 amide bonds. The summed E-state index contributed by atoms with van der Waals surface area (Å²) >= 11 is 0. The number of para-hydroxylation sites is 1. The molecule has 2 rings (SSSR count). The molecule has 1 aromatic rings. The average molecular weight is 319 g/mol. The minimum atomic E-state index is 0.130. The first-order valence-corrected chi connectivity index (χ1v) is 8.78. The third kappa shape index (κ3) is 7.04. The smallest absolute Gasteiger partial charge is 0.220 e. The molecule has 23 heavy (non-hydrogen) atoms. The molecule has 1 N–H and O–H groups in total. The van der Waals surface area contributed by atoms with Crippen LogP contribution in [0.4, 0.5) is 0 Å². The van der Waals surface area contributed by atoms with E-state index in [0.717, 1.165) is 49.8 Å². The van der Waals surface area contributed by atoms with Gasteiger partial charge in [0.2, 0.25) is 5.91 Å². The Labute approximate surface area is 139 Å². The molecule has 4 heteroatoms. The van der Waals surface area contributed by atoms with Crippen LogP contribution in [0, 0.1) is 12.8 Å². The zero-order valence-electron chi connectivity index (χ0n) is 14.2. The molecule has 1 aliphatic rings. The maximum absolute atomic E-state index is 11.8. The molecule has 0 saturated carbocycles. The fourth-order valence-corrected chi connectivity index (χ4v) is 2.88. The number of nitrogens with one attached hydrogen (secondary N) is 1. The van der Waals surface area contributed by atoms with E-state index in [1.165, 1.54) is 19.3 Å². The number of ether oxygens (including phenoxy) is 2. The highest BCUT2D eigenvalue weighted by Gasteiger charge is 2.13. The summed E-state index contributed by atoms with van der Waals surface area (Å²) in [5.74, 6) is 1.82. The highest BCUT2D eigenvalue weighted by atomic mass is 16.5. The topological polar surface area (TPSA) is 47.6 Å². The summed E-state index contributed by atoms with van der Waals surface area (Å²) in [5.41, 5.74) is 1.13.